The monoisotopic (exact) mass is 652 g/mol. The van der Waals surface area contributed by atoms with Crippen molar-refractivity contribution >= 4 is 34.0 Å². The number of aromatic amines is 1. The molecule has 48 heavy (non-hydrogen) atoms. The number of benzene rings is 4. The van der Waals surface area contributed by atoms with E-state index in [1.165, 1.54) is 24.3 Å². The van der Waals surface area contributed by atoms with Crippen molar-refractivity contribution in [2.45, 2.75) is 25.3 Å². The summed E-state index contributed by atoms with van der Waals surface area (Å²) in [6, 6.07) is 20.4. The Morgan fingerprint density at radius 1 is 1.00 bits per heavy atom. The van der Waals surface area contributed by atoms with Gasteiger partial charge in [-0.3, -0.25) is 9.89 Å². The zero-order chi connectivity index (χ0) is 33.2. The first kappa shape index (κ1) is 31.6. The van der Waals surface area contributed by atoms with Gasteiger partial charge in [-0.15, -0.1) is 0 Å². The summed E-state index contributed by atoms with van der Waals surface area (Å²) in [6.45, 7) is 5.12. The first-order chi connectivity index (χ1) is 23.3. The van der Waals surface area contributed by atoms with Crippen LogP contribution < -0.4 is 15.5 Å². The van der Waals surface area contributed by atoms with Crippen LogP contribution in [0.15, 0.2) is 72.8 Å². The van der Waals surface area contributed by atoms with Crippen molar-refractivity contribution < 1.29 is 23.4 Å². The Labute approximate surface area is 277 Å². The van der Waals surface area contributed by atoms with E-state index in [1.54, 1.807) is 12.1 Å². The second-order valence-corrected chi connectivity index (χ2v) is 12.6. The van der Waals surface area contributed by atoms with Gasteiger partial charge in [0, 0.05) is 62.2 Å². The number of ether oxygens (including phenoxy) is 1. The predicted octanol–water partition coefficient (Wildman–Crippen LogP) is 6.40. The van der Waals surface area contributed by atoms with Gasteiger partial charge in [-0.25, -0.2) is 8.78 Å². The molecule has 3 heterocycles. The van der Waals surface area contributed by atoms with Crippen LogP contribution in [-0.2, 0) is 11.2 Å². The lowest BCUT2D eigenvalue weighted by atomic mass is 9.93. The van der Waals surface area contributed by atoms with Crippen LogP contribution in [0.5, 0.6) is 5.75 Å². The number of fused-ring (bicyclic) bond motifs is 1. The molecule has 1 amide bonds. The summed E-state index contributed by atoms with van der Waals surface area (Å²) in [4.78, 5) is 18.6. The van der Waals surface area contributed by atoms with Crippen LogP contribution in [0.3, 0.4) is 0 Å². The van der Waals surface area contributed by atoms with E-state index in [4.69, 9.17) is 4.74 Å². The van der Waals surface area contributed by atoms with E-state index in [-0.39, 0.29) is 17.8 Å². The number of halogens is 2. The number of carbonyl (C=O) groups excluding carboxylic acids is 1. The van der Waals surface area contributed by atoms with Crippen molar-refractivity contribution in [3.05, 3.63) is 101 Å². The molecule has 2 aliphatic heterocycles. The molecule has 0 unspecified atom stereocenters. The average Bonchev–Trinajstić information content (AvgIpc) is 3.47. The van der Waals surface area contributed by atoms with Crippen LogP contribution in [0.4, 0.5) is 26.0 Å². The number of H-pyrrole nitrogens is 1. The van der Waals surface area contributed by atoms with Crippen molar-refractivity contribution in [2.24, 2.45) is 0 Å². The number of carbonyl (C=O) groups is 1. The Bertz CT molecular complexity index is 1950. The number of phenols is 1. The molecule has 0 bridgehead atoms. The summed E-state index contributed by atoms with van der Waals surface area (Å²) in [5.41, 5.74) is 5.70. The standard InChI is InChI=1S/C37H38F2N6O3/c1-44-11-13-45(14-12-44)28-6-7-29(33(21-28)40-27-9-15-48-16-10-27)37(47)41-36-31-19-25(17-23-3-2-4-26(38)18-23)30(22-34(31)42-43-36)24-5-8-35(46)32(39)20-24/h2-8,18-22,27,40,46H,9-17H2,1H3,(H2,41,42,43,47). The number of nitrogens with one attached hydrogen (secondary N) is 3. The Balaban J connectivity index is 1.23. The van der Waals surface area contributed by atoms with Gasteiger partial charge in [-0.2, -0.15) is 5.10 Å². The minimum absolute atomic E-state index is 0.188. The minimum Gasteiger partial charge on any atom is -0.505 e. The molecule has 7 rings (SSSR count). The third kappa shape index (κ3) is 6.83. The van der Waals surface area contributed by atoms with Crippen LogP contribution >= 0.6 is 0 Å². The van der Waals surface area contributed by atoms with Crippen molar-refractivity contribution in [3.8, 4) is 16.9 Å². The highest BCUT2D eigenvalue weighted by molar-refractivity contribution is 6.11. The second-order valence-electron chi connectivity index (χ2n) is 12.6. The third-order valence-electron chi connectivity index (χ3n) is 9.26. The smallest absolute Gasteiger partial charge is 0.258 e. The molecule has 0 atom stereocenters. The van der Waals surface area contributed by atoms with Gasteiger partial charge in [0.2, 0.25) is 0 Å². The number of amides is 1. The maximum Gasteiger partial charge on any atom is 0.258 e. The fourth-order valence-electron chi connectivity index (χ4n) is 6.51. The van der Waals surface area contributed by atoms with E-state index in [1.807, 2.05) is 30.3 Å². The topological polar surface area (TPSA) is 106 Å². The molecule has 1 aromatic heterocycles. The number of anilines is 3. The summed E-state index contributed by atoms with van der Waals surface area (Å²) in [5, 5.41) is 24.6. The zero-order valence-electron chi connectivity index (χ0n) is 26.7. The molecule has 9 nitrogen and oxygen atoms in total. The molecular weight excluding hydrogens is 614 g/mol. The molecule has 0 spiro atoms. The Kier molecular flexibility index (Phi) is 8.96. The molecule has 4 N–H and O–H groups in total. The minimum atomic E-state index is -0.745. The summed E-state index contributed by atoms with van der Waals surface area (Å²) in [6.07, 6.45) is 2.05. The summed E-state index contributed by atoms with van der Waals surface area (Å²) >= 11 is 0. The van der Waals surface area contributed by atoms with Crippen LogP contribution in [0.25, 0.3) is 22.0 Å². The number of phenolic OH excluding ortho intramolecular Hbond substituents is 1. The van der Waals surface area contributed by atoms with Crippen LogP contribution in [0.2, 0.25) is 0 Å². The fraction of sp³-hybridized carbons (Fsp3) is 0.297. The number of rotatable bonds is 8. The fourth-order valence-corrected chi connectivity index (χ4v) is 6.51. The summed E-state index contributed by atoms with van der Waals surface area (Å²) < 4.78 is 34.1. The molecule has 2 fully saturated rings. The van der Waals surface area contributed by atoms with Crippen LogP contribution in [0.1, 0.15) is 34.3 Å². The van der Waals surface area contributed by atoms with E-state index in [0.717, 1.165) is 61.5 Å². The average molecular weight is 653 g/mol. The van der Waals surface area contributed by atoms with Crippen LogP contribution in [-0.4, -0.2) is 78.6 Å². The molecule has 0 radical (unpaired) electrons. The number of aromatic nitrogens is 2. The lowest BCUT2D eigenvalue weighted by Crippen LogP contribution is -2.44. The van der Waals surface area contributed by atoms with Gasteiger partial charge in [0.25, 0.3) is 5.91 Å². The molecule has 5 aromatic rings. The van der Waals surface area contributed by atoms with Crippen molar-refractivity contribution in [2.75, 3.05) is 62.0 Å². The number of likely N-dealkylation sites (N-methyl/N-ethyl adjacent to an activating group) is 1. The summed E-state index contributed by atoms with van der Waals surface area (Å²) in [5.74, 6) is -1.50. The van der Waals surface area contributed by atoms with Gasteiger partial charge in [0.15, 0.2) is 17.4 Å². The highest BCUT2D eigenvalue weighted by Crippen LogP contribution is 2.35. The highest BCUT2D eigenvalue weighted by atomic mass is 19.1. The number of nitrogens with zero attached hydrogens (tertiary/aromatic N) is 3. The molecule has 2 saturated heterocycles. The van der Waals surface area contributed by atoms with Gasteiger partial charge in [0.05, 0.1) is 11.1 Å². The van der Waals surface area contributed by atoms with Gasteiger partial charge < -0.3 is 30.3 Å². The molecular formula is C37H38F2N6O3. The highest BCUT2D eigenvalue weighted by Gasteiger charge is 2.23. The third-order valence-corrected chi connectivity index (χ3v) is 9.26. The second kappa shape index (κ2) is 13.6. The largest absolute Gasteiger partial charge is 0.505 e. The first-order valence-corrected chi connectivity index (χ1v) is 16.3. The van der Waals surface area contributed by atoms with Crippen LogP contribution in [0, 0.1) is 11.6 Å². The zero-order valence-corrected chi connectivity index (χ0v) is 26.7. The Morgan fingerprint density at radius 2 is 1.81 bits per heavy atom. The SMILES string of the molecule is CN1CCN(c2ccc(C(=O)Nc3n[nH]c4cc(-c5ccc(O)c(F)c5)c(Cc5cccc(F)c5)cc34)c(NC3CCOCC3)c2)CC1. The van der Waals surface area contributed by atoms with E-state index in [2.05, 4.69) is 43.7 Å². The number of hydrogen-bond donors (Lipinski definition) is 4. The van der Waals surface area contributed by atoms with E-state index >= 15 is 0 Å². The molecule has 248 valence electrons. The van der Waals surface area contributed by atoms with E-state index in [9.17, 15) is 18.7 Å². The lowest BCUT2D eigenvalue weighted by molar-refractivity contribution is 0.0904. The normalized spacial score (nSPS) is 15.9. The number of piperazine rings is 1. The van der Waals surface area contributed by atoms with E-state index < -0.39 is 11.6 Å². The Morgan fingerprint density at radius 3 is 2.58 bits per heavy atom. The molecule has 11 heteroatoms. The Hall–Kier alpha value is -5.00. The quantitative estimate of drug-likeness (QED) is 0.154. The van der Waals surface area contributed by atoms with Gasteiger partial charge in [0.1, 0.15) is 5.82 Å². The van der Waals surface area contributed by atoms with Gasteiger partial charge >= 0.3 is 0 Å². The van der Waals surface area contributed by atoms with Gasteiger partial charge in [-0.05, 0) is 103 Å². The maximum absolute atomic E-state index is 14.4. The lowest BCUT2D eigenvalue weighted by Gasteiger charge is -2.34. The summed E-state index contributed by atoms with van der Waals surface area (Å²) in [7, 11) is 2.13. The van der Waals surface area contributed by atoms with E-state index in [0.29, 0.717) is 53.0 Å². The molecule has 4 aromatic carbocycles. The van der Waals surface area contributed by atoms with Gasteiger partial charge in [-0.1, -0.05) is 18.2 Å². The number of aromatic hydroxyl groups is 1. The molecule has 2 aliphatic rings. The molecule has 0 aliphatic carbocycles. The van der Waals surface area contributed by atoms with Crippen molar-refractivity contribution in [1.29, 1.82) is 0 Å². The first-order valence-electron chi connectivity index (χ1n) is 16.3. The molecule has 0 saturated carbocycles. The maximum atomic E-state index is 14.4. The van der Waals surface area contributed by atoms with Crippen molar-refractivity contribution in [3.63, 3.8) is 0 Å². The van der Waals surface area contributed by atoms with Crippen molar-refractivity contribution in [1.82, 2.24) is 15.1 Å². The predicted molar refractivity (Wildman–Crippen MR) is 184 cm³/mol. The number of hydrogen-bond acceptors (Lipinski definition) is 7.